The average Bonchev–Trinajstić information content (AvgIpc) is 3.18. The van der Waals surface area contributed by atoms with Crippen molar-refractivity contribution in [2.75, 3.05) is 7.11 Å². The van der Waals surface area contributed by atoms with Gasteiger partial charge < -0.3 is 14.6 Å². The van der Waals surface area contributed by atoms with Crippen molar-refractivity contribution in [2.45, 2.75) is 90.1 Å². The largest absolute Gasteiger partial charge is 0.390 e. The van der Waals surface area contributed by atoms with E-state index in [0.717, 1.165) is 25.7 Å². The van der Waals surface area contributed by atoms with E-state index < -0.39 is 11.7 Å². The molecule has 0 spiro atoms. The van der Waals surface area contributed by atoms with E-state index in [2.05, 4.69) is 52.8 Å². The van der Waals surface area contributed by atoms with Gasteiger partial charge in [0.15, 0.2) is 0 Å². The van der Waals surface area contributed by atoms with Crippen LogP contribution in [0.15, 0.2) is 23.8 Å². The minimum absolute atomic E-state index is 0.0714. The van der Waals surface area contributed by atoms with Crippen LogP contribution in [0.4, 0.5) is 0 Å². The zero-order valence-electron chi connectivity index (χ0n) is 16.3. The second kappa shape index (κ2) is 7.72. The first-order chi connectivity index (χ1) is 11.2. The highest BCUT2D eigenvalue weighted by atomic mass is 16.6. The third kappa shape index (κ3) is 4.93. The van der Waals surface area contributed by atoms with Gasteiger partial charge in [0.05, 0.1) is 17.3 Å². The number of rotatable bonds is 2. The Morgan fingerprint density at radius 3 is 2.67 bits per heavy atom. The SMILES string of the molecule is CO[C@@]1(C)/C=C/[C@H](C(C)C)CC/C(C)=C/CC[C@]2(C)O[C@@H]2[C@H](O)C1. The number of aliphatic hydroxyl groups excluding tert-OH is 1. The topological polar surface area (TPSA) is 42.0 Å². The zero-order valence-corrected chi connectivity index (χ0v) is 16.3. The summed E-state index contributed by atoms with van der Waals surface area (Å²) in [6, 6.07) is 0. The van der Waals surface area contributed by atoms with E-state index >= 15 is 0 Å². The van der Waals surface area contributed by atoms with Gasteiger partial charge >= 0.3 is 0 Å². The van der Waals surface area contributed by atoms with Crippen molar-refractivity contribution < 1.29 is 14.6 Å². The lowest BCUT2D eigenvalue weighted by atomic mass is 9.85. The first-order valence-corrected chi connectivity index (χ1v) is 9.45. The lowest BCUT2D eigenvalue weighted by molar-refractivity contribution is -0.00579. The Labute approximate surface area is 148 Å². The van der Waals surface area contributed by atoms with Crippen LogP contribution in [0.3, 0.4) is 0 Å². The van der Waals surface area contributed by atoms with Gasteiger partial charge in [-0.3, -0.25) is 0 Å². The van der Waals surface area contributed by atoms with Crippen LogP contribution < -0.4 is 0 Å². The Morgan fingerprint density at radius 1 is 1.33 bits per heavy atom. The average molecular weight is 337 g/mol. The molecule has 1 fully saturated rings. The normalized spacial score (nSPS) is 45.0. The molecule has 1 aliphatic heterocycles. The molecule has 2 rings (SSSR count). The Bertz CT molecular complexity index is 481. The van der Waals surface area contributed by atoms with E-state index in [1.54, 1.807) is 7.11 Å². The fourth-order valence-corrected chi connectivity index (χ4v) is 3.76. The summed E-state index contributed by atoms with van der Waals surface area (Å²) in [4.78, 5) is 0. The number of allylic oxidation sites excluding steroid dienone is 3. The number of hydrogen-bond acceptors (Lipinski definition) is 3. The summed E-state index contributed by atoms with van der Waals surface area (Å²) in [5.41, 5.74) is 0.829. The summed E-state index contributed by atoms with van der Waals surface area (Å²) >= 11 is 0. The fraction of sp³-hybridized carbons (Fsp3) is 0.810. The van der Waals surface area contributed by atoms with Gasteiger partial charge in [0.2, 0.25) is 0 Å². The molecule has 0 unspecified atom stereocenters. The van der Waals surface area contributed by atoms with Crippen molar-refractivity contribution in [3.05, 3.63) is 23.8 Å². The van der Waals surface area contributed by atoms with Gasteiger partial charge in [-0.2, -0.15) is 0 Å². The van der Waals surface area contributed by atoms with Crippen LogP contribution in [0.5, 0.6) is 0 Å². The maximum Gasteiger partial charge on any atom is 0.113 e. The number of methoxy groups -OCH3 is 1. The van der Waals surface area contributed by atoms with E-state index in [-0.39, 0.29) is 11.7 Å². The van der Waals surface area contributed by atoms with Crippen LogP contribution in [0.2, 0.25) is 0 Å². The molecule has 0 amide bonds. The molecule has 0 radical (unpaired) electrons. The Kier molecular flexibility index (Phi) is 6.33. The quantitative estimate of drug-likeness (QED) is 0.589. The highest BCUT2D eigenvalue weighted by Gasteiger charge is 2.56. The molecule has 2 aliphatic rings. The van der Waals surface area contributed by atoms with Gasteiger partial charge in [0.1, 0.15) is 6.10 Å². The molecule has 3 heteroatoms. The van der Waals surface area contributed by atoms with Gasteiger partial charge in [-0.25, -0.2) is 0 Å². The van der Waals surface area contributed by atoms with Crippen LogP contribution in [0, 0.1) is 11.8 Å². The summed E-state index contributed by atoms with van der Waals surface area (Å²) in [5.74, 6) is 1.13. The van der Waals surface area contributed by atoms with Gasteiger partial charge in [-0.1, -0.05) is 37.6 Å². The highest BCUT2D eigenvalue weighted by Crippen LogP contribution is 2.44. The molecule has 0 aromatic carbocycles. The molecule has 0 aromatic heterocycles. The first kappa shape index (κ1) is 19.7. The van der Waals surface area contributed by atoms with Crippen LogP contribution in [-0.2, 0) is 9.47 Å². The van der Waals surface area contributed by atoms with E-state index in [1.165, 1.54) is 5.57 Å². The number of ether oxygens (including phenoxy) is 2. The molecular formula is C21H36O3. The first-order valence-electron chi connectivity index (χ1n) is 9.45. The molecular weight excluding hydrogens is 300 g/mol. The fourth-order valence-electron chi connectivity index (χ4n) is 3.76. The lowest BCUT2D eigenvalue weighted by Gasteiger charge is -2.28. The van der Waals surface area contributed by atoms with Crippen molar-refractivity contribution in [3.63, 3.8) is 0 Å². The third-order valence-corrected chi connectivity index (χ3v) is 5.93. The van der Waals surface area contributed by atoms with E-state index in [9.17, 15) is 5.11 Å². The Morgan fingerprint density at radius 2 is 2.04 bits per heavy atom. The lowest BCUT2D eigenvalue weighted by Crippen LogP contribution is -2.34. The highest BCUT2D eigenvalue weighted by molar-refractivity contribution is 5.11. The molecule has 24 heavy (non-hydrogen) atoms. The smallest absolute Gasteiger partial charge is 0.113 e. The summed E-state index contributed by atoms with van der Waals surface area (Å²) in [5, 5.41) is 10.6. The number of epoxide rings is 1. The van der Waals surface area contributed by atoms with Crippen molar-refractivity contribution >= 4 is 0 Å². The molecule has 138 valence electrons. The Hall–Kier alpha value is -0.640. The third-order valence-electron chi connectivity index (χ3n) is 5.93. The van der Waals surface area contributed by atoms with E-state index in [1.807, 2.05) is 0 Å². The van der Waals surface area contributed by atoms with E-state index in [0.29, 0.717) is 18.3 Å². The monoisotopic (exact) mass is 336 g/mol. The maximum atomic E-state index is 10.6. The molecule has 3 nitrogen and oxygen atoms in total. The van der Waals surface area contributed by atoms with Crippen LogP contribution in [-0.4, -0.2) is 35.6 Å². The standard InChI is InChI=1S/C21H36O3/c1-15(2)17-10-9-16(3)8-7-12-21(5)19(24-21)18(22)14-20(4,23-6)13-11-17/h8,11,13,15,17-19,22H,7,9-10,12,14H2,1-6H3/b13-11+,16-8+/t17-,18-,19-,20+,21+/m1/s1. The molecule has 1 heterocycles. The number of fused-ring (bicyclic) bond motifs is 1. The minimum atomic E-state index is -0.491. The van der Waals surface area contributed by atoms with E-state index in [4.69, 9.17) is 9.47 Å². The summed E-state index contributed by atoms with van der Waals surface area (Å²) in [7, 11) is 1.73. The van der Waals surface area contributed by atoms with Crippen molar-refractivity contribution in [1.82, 2.24) is 0 Å². The molecule has 1 saturated heterocycles. The maximum absolute atomic E-state index is 10.6. The van der Waals surface area contributed by atoms with Gasteiger partial charge in [-0.05, 0) is 58.3 Å². The summed E-state index contributed by atoms with van der Waals surface area (Å²) in [6.07, 6.45) is 11.1. The summed E-state index contributed by atoms with van der Waals surface area (Å²) in [6.45, 7) is 11.0. The van der Waals surface area contributed by atoms with Crippen molar-refractivity contribution in [1.29, 1.82) is 0 Å². The minimum Gasteiger partial charge on any atom is -0.390 e. The molecule has 1 N–H and O–H groups in total. The molecule has 5 atom stereocenters. The van der Waals surface area contributed by atoms with Crippen molar-refractivity contribution in [2.24, 2.45) is 11.8 Å². The molecule has 0 saturated carbocycles. The molecule has 0 aromatic rings. The number of aliphatic hydroxyl groups is 1. The van der Waals surface area contributed by atoms with Crippen LogP contribution >= 0.6 is 0 Å². The van der Waals surface area contributed by atoms with Gasteiger partial charge in [-0.15, -0.1) is 0 Å². The second-order valence-electron chi connectivity index (χ2n) is 8.53. The van der Waals surface area contributed by atoms with Crippen LogP contribution in [0.25, 0.3) is 0 Å². The number of hydrogen-bond donors (Lipinski definition) is 1. The van der Waals surface area contributed by atoms with Crippen LogP contribution in [0.1, 0.15) is 66.7 Å². The zero-order chi connectivity index (χ0) is 18.0. The predicted molar refractivity (Wildman–Crippen MR) is 99.0 cm³/mol. The molecule has 1 aliphatic carbocycles. The van der Waals surface area contributed by atoms with Gasteiger partial charge in [0.25, 0.3) is 0 Å². The molecule has 0 bridgehead atoms. The van der Waals surface area contributed by atoms with Gasteiger partial charge in [0, 0.05) is 13.5 Å². The Balaban J connectivity index is 2.21. The second-order valence-corrected chi connectivity index (χ2v) is 8.53. The van der Waals surface area contributed by atoms with Crippen molar-refractivity contribution in [3.8, 4) is 0 Å². The summed E-state index contributed by atoms with van der Waals surface area (Å²) < 4.78 is 11.6. The predicted octanol–water partition coefficient (Wildman–Crippen LogP) is 4.65.